The van der Waals surface area contributed by atoms with Gasteiger partial charge in [-0.25, -0.2) is 0 Å². The van der Waals surface area contributed by atoms with Crippen LogP contribution < -0.4 is 5.32 Å². The Hall–Kier alpha value is -0.570. The molecule has 0 bridgehead atoms. The number of amides is 1. The van der Waals surface area contributed by atoms with Gasteiger partial charge in [-0.05, 0) is 25.7 Å². The summed E-state index contributed by atoms with van der Waals surface area (Å²) in [5.41, 5.74) is -0.406. The third kappa shape index (κ3) is 1.03. The highest BCUT2D eigenvalue weighted by Crippen LogP contribution is 2.36. The first-order valence-electron chi connectivity index (χ1n) is 4.26. The summed E-state index contributed by atoms with van der Waals surface area (Å²) in [6.07, 6.45) is 3.92. The van der Waals surface area contributed by atoms with E-state index in [4.69, 9.17) is 4.74 Å². The molecule has 1 spiro atoms. The summed E-state index contributed by atoms with van der Waals surface area (Å²) in [5.74, 6) is 0.112. The van der Waals surface area contributed by atoms with Gasteiger partial charge in [0.1, 0.15) is 5.60 Å². The van der Waals surface area contributed by atoms with Crippen molar-refractivity contribution >= 4 is 5.91 Å². The molecule has 0 radical (unpaired) electrons. The van der Waals surface area contributed by atoms with E-state index in [0.29, 0.717) is 0 Å². The van der Waals surface area contributed by atoms with Crippen LogP contribution in [0.15, 0.2) is 0 Å². The van der Waals surface area contributed by atoms with Gasteiger partial charge < -0.3 is 10.1 Å². The zero-order valence-electron chi connectivity index (χ0n) is 6.56. The average Bonchev–Trinajstić information content (AvgIpc) is 2.09. The second kappa shape index (κ2) is 2.48. The van der Waals surface area contributed by atoms with Crippen molar-refractivity contribution in [3.05, 3.63) is 0 Å². The minimum Gasteiger partial charge on any atom is -0.365 e. The van der Waals surface area contributed by atoms with Crippen LogP contribution in [0.2, 0.25) is 0 Å². The number of nitrogens with one attached hydrogen (secondary N) is 1. The highest BCUT2D eigenvalue weighted by atomic mass is 16.5. The molecule has 62 valence electrons. The number of carbonyl (C=O) groups is 1. The summed E-state index contributed by atoms with van der Waals surface area (Å²) in [7, 11) is 0. The second-order valence-corrected chi connectivity index (χ2v) is 3.31. The van der Waals surface area contributed by atoms with E-state index >= 15 is 0 Å². The van der Waals surface area contributed by atoms with Crippen LogP contribution in [-0.2, 0) is 9.53 Å². The molecule has 11 heavy (non-hydrogen) atoms. The fourth-order valence-corrected chi connectivity index (χ4v) is 1.64. The number of hydrogen-bond donors (Lipinski definition) is 1. The first-order valence-corrected chi connectivity index (χ1v) is 4.26. The lowest BCUT2D eigenvalue weighted by atomic mass is 9.79. The third-order valence-corrected chi connectivity index (χ3v) is 2.56. The van der Waals surface area contributed by atoms with Gasteiger partial charge in [-0.1, -0.05) is 0 Å². The van der Waals surface area contributed by atoms with E-state index in [1.54, 1.807) is 0 Å². The lowest BCUT2D eigenvalue weighted by Crippen LogP contribution is -2.52. The first kappa shape index (κ1) is 7.10. The van der Waals surface area contributed by atoms with Crippen molar-refractivity contribution in [3.63, 3.8) is 0 Å². The Bertz CT molecular complexity index is 175. The van der Waals surface area contributed by atoms with Gasteiger partial charge in [0.2, 0.25) is 0 Å². The third-order valence-electron chi connectivity index (χ3n) is 2.56. The molecule has 1 aliphatic carbocycles. The molecule has 1 N–H and O–H groups in total. The predicted molar refractivity (Wildman–Crippen MR) is 40.2 cm³/mol. The maximum Gasteiger partial charge on any atom is 0.252 e. The van der Waals surface area contributed by atoms with Crippen LogP contribution in [0, 0.1) is 0 Å². The van der Waals surface area contributed by atoms with Gasteiger partial charge in [-0.15, -0.1) is 0 Å². The summed E-state index contributed by atoms with van der Waals surface area (Å²) in [6.45, 7) is 1.51. The Morgan fingerprint density at radius 1 is 1.36 bits per heavy atom. The van der Waals surface area contributed by atoms with Crippen molar-refractivity contribution in [3.8, 4) is 0 Å². The molecule has 1 heterocycles. The minimum atomic E-state index is -0.406. The monoisotopic (exact) mass is 155 g/mol. The molecule has 0 atom stereocenters. The molecule has 1 aliphatic heterocycles. The first-order chi connectivity index (χ1) is 5.33. The van der Waals surface area contributed by atoms with Crippen LogP contribution in [0.25, 0.3) is 0 Å². The van der Waals surface area contributed by atoms with E-state index in [0.717, 1.165) is 38.8 Å². The molecule has 3 nitrogen and oxygen atoms in total. The van der Waals surface area contributed by atoms with E-state index in [-0.39, 0.29) is 5.91 Å². The highest BCUT2D eigenvalue weighted by molar-refractivity contribution is 5.86. The normalized spacial score (nSPS) is 28.9. The number of hydrogen-bond acceptors (Lipinski definition) is 2. The summed E-state index contributed by atoms with van der Waals surface area (Å²) < 4.78 is 5.53. The molecule has 2 rings (SSSR count). The van der Waals surface area contributed by atoms with Crippen molar-refractivity contribution < 1.29 is 9.53 Å². The maximum absolute atomic E-state index is 11.4. The zero-order valence-corrected chi connectivity index (χ0v) is 6.56. The van der Waals surface area contributed by atoms with Gasteiger partial charge in [-0.2, -0.15) is 0 Å². The fourth-order valence-electron chi connectivity index (χ4n) is 1.64. The Kier molecular flexibility index (Phi) is 1.60. The minimum absolute atomic E-state index is 0.112. The lowest BCUT2D eigenvalue weighted by Gasteiger charge is -2.38. The number of carbonyl (C=O) groups excluding carboxylic acids is 1. The van der Waals surface area contributed by atoms with Gasteiger partial charge in [0.25, 0.3) is 5.91 Å². The van der Waals surface area contributed by atoms with Gasteiger partial charge in [0.05, 0.1) is 0 Å². The number of rotatable bonds is 0. The molecule has 0 aromatic rings. The van der Waals surface area contributed by atoms with Crippen LogP contribution in [0.5, 0.6) is 0 Å². The van der Waals surface area contributed by atoms with Crippen LogP contribution in [0.3, 0.4) is 0 Å². The van der Waals surface area contributed by atoms with Crippen LogP contribution in [0.4, 0.5) is 0 Å². The molecule has 0 aromatic heterocycles. The van der Waals surface area contributed by atoms with Crippen molar-refractivity contribution in [1.82, 2.24) is 5.32 Å². The summed E-state index contributed by atoms with van der Waals surface area (Å²) in [6, 6.07) is 0. The van der Waals surface area contributed by atoms with Gasteiger partial charge >= 0.3 is 0 Å². The van der Waals surface area contributed by atoms with Crippen molar-refractivity contribution in [2.45, 2.75) is 31.3 Å². The predicted octanol–water partition coefficient (Wildman–Crippen LogP) is 0.446. The molecule has 2 aliphatic rings. The summed E-state index contributed by atoms with van der Waals surface area (Å²) in [4.78, 5) is 11.4. The molecular formula is C8H13NO2. The van der Waals surface area contributed by atoms with Crippen LogP contribution in [0.1, 0.15) is 25.7 Å². The van der Waals surface area contributed by atoms with Gasteiger partial charge in [0.15, 0.2) is 0 Å². The summed E-state index contributed by atoms with van der Waals surface area (Å²) >= 11 is 0. The molecule has 1 saturated heterocycles. The molecule has 1 saturated carbocycles. The molecule has 0 unspecified atom stereocenters. The summed E-state index contributed by atoms with van der Waals surface area (Å²) in [5, 5.41) is 2.87. The van der Waals surface area contributed by atoms with Gasteiger partial charge in [0, 0.05) is 13.2 Å². The molecule has 0 aromatic carbocycles. The second-order valence-electron chi connectivity index (χ2n) is 3.31. The molecule has 3 heteroatoms. The van der Waals surface area contributed by atoms with Crippen molar-refractivity contribution in [2.75, 3.05) is 13.2 Å². The Morgan fingerprint density at radius 2 is 2.18 bits per heavy atom. The van der Waals surface area contributed by atoms with Gasteiger partial charge in [-0.3, -0.25) is 4.79 Å². The van der Waals surface area contributed by atoms with Crippen molar-refractivity contribution in [1.29, 1.82) is 0 Å². The molecule has 2 fully saturated rings. The van der Waals surface area contributed by atoms with E-state index in [1.807, 2.05) is 0 Å². The average molecular weight is 155 g/mol. The smallest absolute Gasteiger partial charge is 0.252 e. The van der Waals surface area contributed by atoms with Crippen LogP contribution >= 0.6 is 0 Å². The van der Waals surface area contributed by atoms with Crippen molar-refractivity contribution in [2.24, 2.45) is 0 Å². The quantitative estimate of drug-likeness (QED) is 0.551. The van der Waals surface area contributed by atoms with E-state index in [9.17, 15) is 4.79 Å². The Morgan fingerprint density at radius 3 is 2.82 bits per heavy atom. The van der Waals surface area contributed by atoms with E-state index in [2.05, 4.69) is 5.32 Å². The zero-order chi connectivity index (χ0) is 7.73. The SMILES string of the molecule is O=C1NCCCOC12CCC2. The fraction of sp³-hybridized carbons (Fsp3) is 0.875. The standard InChI is InChI=1S/C8H13NO2/c10-7-8(3-1-4-8)11-6-2-5-9-7/h1-6H2,(H,9,10). The topological polar surface area (TPSA) is 38.3 Å². The Balaban J connectivity index is 2.09. The van der Waals surface area contributed by atoms with Crippen LogP contribution in [-0.4, -0.2) is 24.7 Å². The van der Waals surface area contributed by atoms with E-state index in [1.165, 1.54) is 0 Å². The molecular weight excluding hydrogens is 142 g/mol. The molecule has 1 amide bonds. The highest BCUT2D eigenvalue weighted by Gasteiger charge is 2.45. The maximum atomic E-state index is 11.4. The number of ether oxygens (including phenoxy) is 1. The Labute approximate surface area is 66.1 Å². The largest absolute Gasteiger partial charge is 0.365 e. The lowest BCUT2D eigenvalue weighted by molar-refractivity contribution is -0.156. The van der Waals surface area contributed by atoms with E-state index < -0.39 is 5.60 Å².